The molecule has 6 nitrogen and oxygen atoms in total. The number of nitrogens with one attached hydrogen (secondary N) is 1. The molecule has 18 heavy (non-hydrogen) atoms. The van der Waals surface area contributed by atoms with E-state index in [0.29, 0.717) is 5.76 Å². The highest BCUT2D eigenvalue weighted by Gasteiger charge is 2.03. The molecule has 0 saturated heterocycles. The largest absolute Gasteiger partial charge is 0.465 e. The van der Waals surface area contributed by atoms with Gasteiger partial charge in [0.15, 0.2) is 0 Å². The second-order valence-corrected chi connectivity index (χ2v) is 3.18. The van der Waals surface area contributed by atoms with Crippen LogP contribution in [0.3, 0.4) is 0 Å². The number of hydrogen-bond acceptors (Lipinski definition) is 5. The molecule has 0 saturated carbocycles. The lowest BCUT2D eigenvalue weighted by molar-refractivity contribution is 0.0950. The third kappa shape index (κ3) is 3.38. The van der Waals surface area contributed by atoms with Crippen molar-refractivity contribution in [3.8, 4) is 0 Å². The molecule has 2 aromatic heterocycles. The normalized spacial score (nSPS) is 11.1. The quantitative estimate of drug-likeness (QED) is 0.650. The molecule has 90 valence electrons. The van der Waals surface area contributed by atoms with Gasteiger partial charge in [-0.3, -0.25) is 9.78 Å². The van der Waals surface area contributed by atoms with E-state index in [0.717, 1.165) is 0 Å². The van der Waals surface area contributed by atoms with Crippen molar-refractivity contribution in [2.24, 2.45) is 5.10 Å². The number of furan rings is 1. The molecular weight excluding hydrogens is 232 g/mol. The van der Waals surface area contributed by atoms with Crippen molar-refractivity contribution in [3.63, 3.8) is 0 Å². The van der Waals surface area contributed by atoms with Crippen LogP contribution in [0.1, 0.15) is 16.2 Å². The van der Waals surface area contributed by atoms with Crippen LogP contribution in [0.5, 0.6) is 0 Å². The van der Waals surface area contributed by atoms with Crippen LogP contribution in [0.25, 0.3) is 6.08 Å². The monoisotopic (exact) mass is 242 g/mol. The Morgan fingerprint density at radius 2 is 2.39 bits per heavy atom. The Bertz CT molecular complexity index is 547. The highest BCUT2D eigenvalue weighted by molar-refractivity contribution is 5.92. The van der Waals surface area contributed by atoms with Crippen LogP contribution in [-0.2, 0) is 0 Å². The highest BCUT2D eigenvalue weighted by Crippen LogP contribution is 2.00. The summed E-state index contributed by atoms with van der Waals surface area (Å²) < 4.78 is 5.08. The van der Waals surface area contributed by atoms with Gasteiger partial charge in [0.05, 0.1) is 12.5 Å². The Kier molecular flexibility index (Phi) is 3.97. The molecule has 0 aliphatic rings. The third-order valence-electron chi connectivity index (χ3n) is 1.93. The van der Waals surface area contributed by atoms with E-state index in [2.05, 4.69) is 20.5 Å². The molecule has 0 unspecified atom stereocenters. The Balaban J connectivity index is 1.83. The fourth-order valence-electron chi connectivity index (χ4n) is 1.14. The molecular formula is C12H10N4O2. The zero-order valence-electron chi connectivity index (χ0n) is 9.35. The van der Waals surface area contributed by atoms with Crippen LogP contribution >= 0.6 is 0 Å². The number of amides is 1. The molecule has 0 atom stereocenters. The molecule has 0 aliphatic heterocycles. The van der Waals surface area contributed by atoms with E-state index in [1.807, 2.05) is 6.07 Å². The minimum Gasteiger partial charge on any atom is -0.465 e. The predicted molar refractivity (Wildman–Crippen MR) is 65.7 cm³/mol. The average molecular weight is 242 g/mol. The van der Waals surface area contributed by atoms with Crippen molar-refractivity contribution in [3.05, 3.63) is 54.5 Å². The van der Waals surface area contributed by atoms with Gasteiger partial charge in [-0.2, -0.15) is 5.10 Å². The summed E-state index contributed by atoms with van der Waals surface area (Å²) in [5.74, 6) is 0.299. The van der Waals surface area contributed by atoms with Gasteiger partial charge in [-0.1, -0.05) is 0 Å². The smallest absolute Gasteiger partial charge is 0.291 e. The molecule has 0 bridgehead atoms. The minimum absolute atomic E-state index is 0.213. The first kappa shape index (κ1) is 11.7. The molecule has 2 rings (SSSR count). The Morgan fingerprint density at radius 3 is 3.11 bits per heavy atom. The molecule has 1 amide bonds. The number of hydrogen-bond donors (Lipinski definition) is 1. The van der Waals surface area contributed by atoms with E-state index < -0.39 is 5.91 Å². The number of nitrogens with zero attached hydrogens (tertiary/aromatic N) is 3. The lowest BCUT2D eigenvalue weighted by atomic mass is 10.4. The van der Waals surface area contributed by atoms with Crippen molar-refractivity contribution in [1.82, 2.24) is 15.4 Å². The summed E-state index contributed by atoms with van der Waals surface area (Å²) in [4.78, 5) is 19.1. The van der Waals surface area contributed by atoms with E-state index >= 15 is 0 Å². The maximum absolute atomic E-state index is 11.5. The van der Waals surface area contributed by atoms with E-state index in [1.54, 1.807) is 24.5 Å². The predicted octanol–water partition coefficient (Wildman–Crippen LogP) is 1.50. The van der Waals surface area contributed by atoms with Gasteiger partial charge >= 0.3 is 0 Å². The van der Waals surface area contributed by atoms with E-state index in [4.69, 9.17) is 4.42 Å². The number of carbonyl (C=O) groups excluding carboxylic acids is 1. The van der Waals surface area contributed by atoms with Crippen LogP contribution < -0.4 is 5.43 Å². The van der Waals surface area contributed by atoms with Gasteiger partial charge in [-0.15, -0.1) is 0 Å². The Labute approximate surface area is 103 Å². The molecule has 1 N–H and O–H groups in total. The van der Waals surface area contributed by atoms with Crippen LogP contribution in [0.15, 0.2) is 52.6 Å². The fourth-order valence-corrected chi connectivity index (χ4v) is 1.14. The van der Waals surface area contributed by atoms with Gasteiger partial charge in [0.25, 0.3) is 5.91 Å². The maximum Gasteiger partial charge on any atom is 0.291 e. The molecule has 0 radical (unpaired) electrons. The first-order chi connectivity index (χ1) is 8.86. The Morgan fingerprint density at radius 1 is 1.44 bits per heavy atom. The zero-order valence-corrected chi connectivity index (χ0v) is 9.35. The van der Waals surface area contributed by atoms with Crippen molar-refractivity contribution in [2.45, 2.75) is 0 Å². The van der Waals surface area contributed by atoms with Gasteiger partial charge in [0, 0.05) is 18.6 Å². The minimum atomic E-state index is -0.411. The van der Waals surface area contributed by atoms with Gasteiger partial charge in [-0.05, 0) is 24.3 Å². The van der Waals surface area contributed by atoms with Crippen LogP contribution in [-0.4, -0.2) is 22.1 Å². The van der Waals surface area contributed by atoms with Gasteiger partial charge in [0.2, 0.25) is 0 Å². The molecule has 6 heteroatoms. The molecule has 2 aromatic rings. The van der Waals surface area contributed by atoms with Crippen molar-refractivity contribution in [1.29, 1.82) is 0 Å². The number of carbonyl (C=O) groups is 1. The molecule has 0 aromatic carbocycles. The highest BCUT2D eigenvalue weighted by atomic mass is 16.3. The molecule has 2 heterocycles. The summed E-state index contributed by atoms with van der Waals surface area (Å²) in [6, 6.07) is 3.59. The third-order valence-corrected chi connectivity index (χ3v) is 1.93. The summed E-state index contributed by atoms with van der Waals surface area (Å²) >= 11 is 0. The van der Waals surface area contributed by atoms with Crippen LogP contribution in [0.4, 0.5) is 0 Å². The number of allylic oxidation sites excluding steroid dienone is 1. The van der Waals surface area contributed by atoms with Gasteiger partial charge < -0.3 is 4.42 Å². The summed E-state index contributed by atoms with van der Waals surface area (Å²) in [6.07, 6.45) is 10.7. The van der Waals surface area contributed by atoms with Crippen molar-refractivity contribution >= 4 is 18.2 Å². The number of aromatic nitrogens is 2. The van der Waals surface area contributed by atoms with Gasteiger partial charge in [-0.25, -0.2) is 10.4 Å². The number of hydrazone groups is 1. The summed E-state index contributed by atoms with van der Waals surface area (Å²) in [6.45, 7) is 0. The van der Waals surface area contributed by atoms with Crippen molar-refractivity contribution < 1.29 is 9.21 Å². The fraction of sp³-hybridized carbons (Fsp3) is 0. The molecule has 0 fully saturated rings. The molecule has 0 spiro atoms. The first-order valence-corrected chi connectivity index (χ1v) is 5.16. The lowest BCUT2D eigenvalue weighted by Gasteiger charge is -1.95. The first-order valence-electron chi connectivity index (χ1n) is 5.16. The van der Waals surface area contributed by atoms with E-state index in [1.165, 1.54) is 24.8 Å². The van der Waals surface area contributed by atoms with Crippen molar-refractivity contribution in [2.75, 3.05) is 0 Å². The van der Waals surface area contributed by atoms with E-state index in [-0.39, 0.29) is 5.69 Å². The summed E-state index contributed by atoms with van der Waals surface area (Å²) in [7, 11) is 0. The second-order valence-electron chi connectivity index (χ2n) is 3.18. The van der Waals surface area contributed by atoms with Crippen LogP contribution in [0.2, 0.25) is 0 Å². The Hall–Kier alpha value is -2.76. The SMILES string of the molecule is O=C(NN=CC=Cc1ccco1)c1cnccn1. The lowest BCUT2D eigenvalue weighted by Crippen LogP contribution is -2.18. The van der Waals surface area contributed by atoms with E-state index in [9.17, 15) is 4.79 Å². The number of rotatable bonds is 4. The second kappa shape index (κ2) is 6.09. The maximum atomic E-state index is 11.5. The average Bonchev–Trinajstić information content (AvgIpc) is 2.92. The zero-order chi connectivity index (χ0) is 12.6. The van der Waals surface area contributed by atoms with Gasteiger partial charge in [0.1, 0.15) is 11.5 Å². The van der Waals surface area contributed by atoms with Crippen LogP contribution in [0, 0.1) is 0 Å². The standard InChI is InChI=1S/C12H10N4O2/c17-12(11-9-13-6-7-14-11)16-15-5-1-3-10-4-2-8-18-10/h1-9H,(H,16,17). The topological polar surface area (TPSA) is 80.4 Å². The summed E-state index contributed by atoms with van der Waals surface area (Å²) in [5.41, 5.74) is 2.54. The summed E-state index contributed by atoms with van der Waals surface area (Å²) in [5, 5.41) is 3.73. The molecule has 0 aliphatic carbocycles.